The van der Waals surface area contributed by atoms with Crippen LogP contribution in [0.5, 0.6) is 0 Å². The summed E-state index contributed by atoms with van der Waals surface area (Å²) in [6.07, 6.45) is 2.79. The van der Waals surface area contributed by atoms with Gasteiger partial charge in [-0.1, -0.05) is 22.0 Å². The minimum Gasteiger partial charge on any atom is -0.261 e. The van der Waals surface area contributed by atoms with Crippen molar-refractivity contribution in [1.82, 2.24) is 4.98 Å². The Morgan fingerprint density at radius 1 is 1.33 bits per heavy atom. The lowest BCUT2D eigenvalue weighted by molar-refractivity contribution is 0.920. The number of alkyl halides is 1. The van der Waals surface area contributed by atoms with E-state index in [0.29, 0.717) is 4.83 Å². The predicted octanol–water partition coefficient (Wildman–Crippen LogP) is 4.13. The lowest BCUT2D eigenvalue weighted by atomic mass is 10.2. The highest BCUT2D eigenvalue weighted by molar-refractivity contribution is 9.09. The number of aromatic nitrogens is 1. The third-order valence-electron chi connectivity index (χ3n) is 2.18. The minimum atomic E-state index is 0.381. The molecule has 3 heteroatoms. The highest BCUT2D eigenvalue weighted by atomic mass is 79.9. The van der Waals surface area contributed by atoms with Crippen LogP contribution < -0.4 is 0 Å². The van der Waals surface area contributed by atoms with Crippen LogP contribution in [0.4, 0.5) is 0 Å². The lowest BCUT2D eigenvalue weighted by Gasteiger charge is -2.06. The molecule has 0 radical (unpaired) electrons. The number of hydrogen-bond acceptors (Lipinski definition) is 2. The first-order chi connectivity index (χ1) is 7.25. The van der Waals surface area contributed by atoms with E-state index < -0.39 is 0 Å². The van der Waals surface area contributed by atoms with Crippen LogP contribution in [-0.4, -0.2) is 4.98 Å². The maximum absolute atomic E-state index is 4.33. The van der Waals surface area contributed by atoms with Gasteiger partial charge in [0.1, 0.15) is 0 Å². The number of pyridine rings is 1. The maximum atomic E-state index is 4.33. The Hall–Kier alpha value is -0.670. The van der Waals surface area contributed by atoms with Gasteiger partial charge < -0.3 is 0 Å². The molecule has 0 bridgehead atoms. The van der Waals surface area contributed by atoms with Gasteiger partial charge in [0, 0.05) is 28.1 Å². The number of halogens is 1. The van der Waals surface area contributed by atoms with E-state index in [4.69, 9.17) is 0 Å². The Bertz CT molecular complexity index is 424. The monoisotopic (exact) mass is 281 g/mol. The number of thiophene rings is 1. The van der Waals surface area contributed by atoms with Crippen LogP contribution in [0, 0.1) is 6.92 Å². The van der Waals surface area contributed by atoms with Crippen LogP contribution in [0.25, 0.3) is 0 Å². The molecule has 0 N–H and O–H groups in total. The third-order valence-corrected chi connectivity index (χ3v) is 4.42. The molecule has 2 aromatic heterocycles. The number of rotatable bonds is 3. The molecule has 1 atom stereocenters. The van der Waals surface area contributed by atoms with Crippen LogP contribution in [0.2, 0.25) is 0 Å². The van der Waals surface area contributed by atoms with Crippen molar-refractivity contribution < 1.29 is 0 Å². The molecule has 0 fully saturated rings. The van der Waals surface area contributed by atoms with E-state index in [1.54, 1.807) is 0 Å². The van der Waals surface area contributed by atoms with Gasteiger partial charge in [-0.25, -0.2) is 0 Å². The molecule has 0 aliphatic carbocycles. The van der Waals surface area contributed by atoms with E-state index >= 15 is 0 Å². The van der Waals surface area contributed by atoms with Crippen molar-refractivity contribution in [2.75, 3.05) is 0 Å². The summed E-state index contributed by atoms with van der Waals surface area (Å²) < 4.78 is 0. The van der Waals surface area contributed by atoms with Gasteiger partial charge in [-0.05, 0) is 31.2 Å². The van der Waals surface area contributed by atoms with Gasteiger partial charge in [0.05, 0.1) is 4.83 Å². The van der Waals surface area contributed by atoms with Gasteiger partial charge in [-0.15, -0.1) is 11.3 Å². The zero-order chi connectivity index (χ0) is 10.7. The van der Waals surface area contributed by atoms with Crippen LogP contribution in [0.1, 0.15) is 20.3 Å². The normalized spacial score (nSPS) is 12.7. The first kappa shape index (κ1) is 10.8. The fraction of sp³-hybridized carbons (Fsp3) is 0.250. The van der Waals surface area contributed by atoms with Crippen LogP contribution in [-0.2, 0) is 6.42 Å². The topological polar surface area (TPSA) is 12.9 Å². The fourth-order valence-electron chi connectivity index (χ4n) is 1.42. The SMILES string of the molecule is Cc1ccc(C(Br)Cc2ccccn2)s1. The van der Waals surface area contributed by atoms with E-state index in [9.17, 15) is 0 Å². The quantitative estimate of drug-likeness (QED) is 0.771. The van der Waals surface area contributed by atoms with Gasteiger partial charge in [0.25, 0.3) is 0 Å². The summed E-state index contributed by atoms with van der Waals surface area (Å²) in [4.78, 5) is 7.44. The zero-order valence-corrected chi connectivity index (χ0v) is 10.9. The molecule has 0 aromatic carbocycles. The van der Waals surface area contributed by atoms with E-state index in [0.717, 1.165) is 12.1 Å². The van der Waals surface area contributed by atoms with Crippen molar-refractivity contribution in [3.63, 3.8) is 0 Å². The maximum Gasteiger partial charge on any atom is 0.0544 e. The predicted molar refractivity (Wildman–Crippen MR) is 68.7 cm³/mol. The Labute approximate surface area is 102 Å². The minimum absolute atomic E-state index is 0.381. The zero-order valence-electron chi connectivity index (χ0n) is 8.48. The number of nitrogens with zero attached hydrogens (tertiary/aromatic N) is 1. The van der Waals surface area contributed by atoms with Crippen molar-refractivity contribution in [2.24, 2.45) is 0 Å². The van der Waals surface area contributed by atoms with Crippen molar-refractivity contribution in [3.8, 4) is 0 Å². The van der Waals surface area contributed by atoms with E-state index in [-0.39, 0.29) is 0 Å². The second-order valence-electron chi connectivity index (χ2n) is 3.44. The summed E-state index contributed by atoms with van der Waals surface area (Å²) >= 11 is 5.55. The number of aryl methyl sites for hydroxylation is 1. The average Bonchev–Trinajstić information content (AvgIpc) is 2.66. The molecule has 0 aliphatic heterocycles. The van der Waals surface area contributed by atoms with Gasteiger partial charge in [-0.2, -0.15) is 0 Å². The van der Waals surface area contributed by atoms with E-state index in [1.165, 1.54) is 9.75 Å². The molecule has 2 rings (SSSR count). The molecule has 78 valence electrons. The summed E-state index contributed by atoms with van der Waals surface area (Å²) in [5, 5.41) is 0. The smallest absolute Gasteiger partial charge is 0.0544 e. The highest BCUT2D eigenvalue weighted by Crippen LogP contribution is 2.31. The fourth-order valence-corrected chi connectivity index (χ4v) is 3.04. The molecular weight excluding hydrogens is 270 g/mol. The molecule has 0 amide bonds. The van der Waals surface area contributed by atoms with Gasteiger partial charge >= 0.3 is 0 Å². The second-order valence-corrected chi connectivity index (χ2v) is 5.87. The van der Waals surface area contributed by atoms with Crippen molar-refractivity contribution in [1.29, 1.82) is 0 Å². The average molecular weight is 282 g/mol. The third kappa shape index (κ3) is 2.89. The van der Waals surface area contributed by atoms with E-state index in [2.05, 4.69) is 46.0 Å². The molecule has 1 nitrogen and oxygen atoms in total. The summed E-state index contributed by atoms with van der Waals surface area (Å²) in [5.41, 5.74) is 1.13. The second kappa shape index (κ2) is 4.90. The van der Waals surface area contributed by atoms with Crippen LogP contribution in [0.3, 0.4) is 0 Å². The molecule has 0 saturated heterocycles. The molecule has 0 aliphatic rings. The molecule has 2 heterocycles. The summed E-state index contributed by atoms with van der Waals surface area (Å²) in [5.74, 6) is 0. The summed E-state index contributed by atoms with van der Waals surface area (Å²) in [6.45, 7) is 2.13. The van der Waals surface area contributed by atoms with E-state index in [1.807, 2.05) is 29.7 Å². The largest absolute Gasteiger partial charge is 0.261 e. The molecule has 1 unspecified atom stereocenters. The standard InChI is InChI=1S/C12H12BrNS/c1-9-5-6-12(15-9)11(13)8-10-4-2-3-7-14-10/h2-7,11H,8H2,1H3. The van der Waals surface area contributed by atoms with Gasteiger partial charge in [-0.3, -0.25) is 4.98 Å². The summed E-state index contributed by atoms with van der Waals surface area (Å²) in [7, 11) is 0. The molecule has 15 heavy (non-hydrogen) atoms. The first-order valence-electron chi connectivity index (χ1n) is 4.86. The van der Waals surface area contributed by atoms with Gasteiger partial charge in [0.2, 0.25) is 0 Å². The molecular formula is C12H12BrNS. The Morgan fingerprint density at radius 3 is 2.80 bits per heavy atom. The highest BCUT2D eigenvalue weighted by Gasteiger charge is 2.10. The lowest BCUT2D eigenvalue weighted by Crippen LogP contribution is -1.94. The van der Waals surface area contributed by atoms with Crippen LogP contribution >= 0.6 is 27.3 Å². The Morgan fingerprint density at radius 2 is 2.20 bits per heavy atom. The van der Waals surface area contributed by atoms with Crippen LogP contribution in [0.15, 0.2) is 36.5 Å². The molecule has 0 saturated carbocycles. The van der Waals surface area contributed by atoms with Crippen molar-refractivity contribution >= 4 is 27.3 Å². The Balaban J connectivity index is 2.07. The van der Waals surface area contributed by atoms with Crippen molar-refractivity contribution in [2.45, 2.75) is 18.2 Å². The van der Waals surface area contributed by atoms with Crippen molar-refractivity contribution in [3.05, 3.63) is 52.0 Å². The Kier molecular flexibility index (Phi) is 3.54. The number of hydrogen-bond donors (Lipinski definition) is 0. The molecule has 0 spiro atoms. The van der Waals surface area contributed by atoms with Gasteiger partial charge in [0.15, 0.2) is 0 Å². The molecule has 2 aromatic rings. The summed E-state index contributed by atoms with van der Waals surface area (Å²) in [6, 6.07) is 10.4. The first-order valence-corrected chi connectivity index (χ1v) is 6.59.